The van der Waals surface area contributed by atoms with Crippen molar-refractivity contribution in [3.8, 4) is 0 Å². The van der Waals surface area contributed by atoms with Crippen molar-refractivity contribution in [2.24, 2.45) is 0 Å². The van der Waals surface area contributed by atoms with Gasteiger partial charge in [-0.3, -0.25) is 0 Å². The van der Waals surface area contributed by atoms with Gasteiger partial charge in [-0.05, 0) is 12.8 Å². The molecule has 0 heterocycles. The molecule has 0 aliphatic rings. The molecule has 15 heavy (non-hydrogen) atoms. The Labute approximate surface area is 97.0 Å². The third-order valence-electron chi connectivity index (χ3n) is 2.88. The van der Waals surface area contributed by atoms with E-state index in [1.165, 1.54) is 51.4 Å². The second-order valence-electron chi connectivity index (χ2n) is 5.01. The molecule has 1 N–H and O–H groups in total. The van der Waals surface area contributed by atoms with Crippen molar-refractivity contribution in [3.63, 3.8) is 0 Å². The second kappa shape index (κ2) is 10.5. The van der Waals surface area contributed by atoms with Gasteiger partial charge in [0.25, 0.3) is 0 Å². The fourth-order valence-corrected chi connectivity index (χ4v) is 2.06. The van der Waals surface area contributed by atoms with Gasteiger partial charge in [0.05, 0.1) is 0 Å². The summed E-state index contributed by atoms with van der Waals surface area (Å²) in [6, 6.07) is 1.40. The molecule has 0 aliphatic heterocycles. The van der Waals surface area contributed by atoms with E-state index in [2.05, 4.69) is 33.0 Å². The first-order chi connectivity index (χ1) is 7.20. The second-order valence-corrected chi connectivity index (χ2v) is 5.01. The molecule has 0 atom stereocenters. The molecule has 0 saturated heterocycles. The monoisotopic (exact) mass is 213 g/mol. The predicted octanol–water partition coefficient (Wildman–Crippen LogP) is 4.51. The van der Waals surface area contributed by atoms with Gasteiger partial charge in [-0.1, -0.05) is 66.2 Å². The summed E-state index contributed by atoms with van der Waals surface area (Å²) in [5, 5.41) is 3.70. The van der Waals surface area contributed by atoms with Crippen LogP contribution in [-0.2, 0) is 0 Å². The number of hydrogen-bond acceptors (Lipinski definition) is 1. The minimum absolute atomic E-state index is 0.637. The minimum atomic E-state index is 0.637. The number of rotatable bonds is 10. The number of hydrogen-bond donors (Lipinski definition) is 1. The smallest absolute Gasteiger partial charge is 0.00694 e. The van der Waals surface area contributed by atoms with Crippen LogP contribution in [-0.4, -0.2) is 12.1 Å². The highest BCUT2D eigenvalue weighted by Gasteiger charge is 2.08. The summed E-state index contributed by atoms with van der Waals surface area (Å²) in [6.07, 6.45) is 11.0. The van der Waals surface area contributed by atoms with Gasteiger partial charge in [0.2, 0.25) is 0 Å². The van der Waals surface area contributed by atoms with Crippen LogP contribution in [0.15, 0.2) is 0 Å². The molecule has 0 aromatic carbocycles. The zero-order chi connectivity index (χ0) is 11.5. The van der Waals surface area contributed by atoms with Crippen LogP contribution in [0.4, 0.5) is 0 Å². The van der Waals surface area contributed by atoms with E-state index in [1.54, 1.807) is 0 Å². The van der Waals surface area contributed by atoms with Crippen LogP contribution in [0, 0.1) is 0 Å². The molecule has 0 fully saturated rings. The van der Waals surface area contributed by atoms with E-state index >= 15 is 0 Å². The average Bonchev–Trinajstić information content (AvgIpc) is 2.17. The summed E-state index contributed by atoms with van der Waals surface area (Å²) in [6.45, 7) is 9.07. The van der Waals surface area contributed by atoms with Crippen LogP contribution in [0.25, 0.3) is 0 Å². The third kappa shape index (κ3) is 10.2. The van der Waals surface area contributed by atoms with Gasteiger partial charge in [0.1, 0.15) is 0 Å². The maximum absolute atomic E-state index is 3.70. The van der Waals surface area contributed by atoms with E-state index in [4.69, 9.17) is 0 Å². The van der Waals surface area contributed by atoms with Crippen molar-refractivity contribution in [1.29, 1.82) is 0 Å². The Bertz CT molecular complexity index is 111. The van der Waals surface area contributed by atoms with Gasteiger partial charge >= 0.3 is 0 Å². The predicted molar refractivity (Wildman–Crippen MR) is 70.3 cm³/mol. The summed E-state index contributed by atoms with van der Waals surface area (Å²) in [4.78, 5) is 0. The lowest BCUT2D eigenvalue weighted by molar-refractivity contribution is 0.390. The van der Waals surface area contributed by atoms with E-state index in [1.807, 2.05) is 0 Å². The van der Waals surface area contributed by atoms with Crippen molar-refractivity contribution in [3.05, 3.63) is 0 Å². The van der Waals surface area contributed by atoms with Gasteiger partial charge < -0.3 is 5.32 Å². The van der Waals surface area contributed by atoms with Gasteiger partial charge in [-0.25, -0.2) is 0 Å². The van der Waals surface area contributed by atoms with Crippen LogP contribution >= 0.6 is 0 Å². The zero-order valence-electron chi connectivity index (χ0n) is 11.3. The van der Waals surface area contributed by atoms with Crippen molar-refractivity contribution < 1.29 is 0 Å². The molecular weight excluding hydrogens is 182 g/mol. The molecule has 0 unspecified atom stereocenters. The van der Waals surface area contributed by atoms with E-state index in [0.29, 0.717) is 6.04 Å². The van der Waals surface area contributed by atoms with Crippen LogP contribution in [0.2, 0.25) is 0 Å². The van der Waals surface area contributed by atoms with E-state index in [-0.39, 0.29) is 0 Å². The van der Waals surface area contributed by atoms with Crippen LogP contribution in [0.5, 0.6) is 0 Å². The van der Waals surface area contributed by atoms with Gasteiger partial charge in [0.15, 0.2) is 0 Å². The zero-order valence-corrected chi connectivity index (χ0v) is 11.3. The summed E-state index contributed by atoms with van der Waals surface area (Å²) in [5.74, 6) is 0. The molecule has 0 rings (SSSR count). The average molecular weight is 213 g/mol. The normalized spacial score (nSPS) is 11.6. The largest absolute Gasteiger partial charge is 0.312 e. The number of unbranched alkanes of at least 4 members (excludes halogenated alkanes) is 4. The first-order valence-electron chi connectivity index (χ1n) is 6.96. The molecule has 1 heteroatoms. The lowest BCUT2D eigenvalue weighted by Gasteiger charge is -2.21. The van der Waals surface area contributed by atoms with Crippen LogP contribution in [0.3, 0.4) is 0 Å². The van der Waals surface area contributed by atoms with Crippen LogP contribution in [0.1, 0.15) is 79.1 Å². The summed E-state index contributed by atoms with van der Waals surface area (Å²) in [7, 11) is 0. The number of nitrogens with one attached hydrogen (secondary N) is 1. The lowest BCUT2D eigenvalue weighted by Crippen LogP contribution is -2.34. The molecule has 0 radical (unpaired) electrons. The molecular formula is C14H31N. The van der Waals surface area contributed by atoms with Crippen molar-refractivity contribution >= 4 is 0 Å². The fraction of sp³-hybridized carbons (Fsp3) is 1.00. The van der Waals surface area contributed by atoms with Crippen molar-refractivity contribution in [2.45, 2.75) is 91.1 Å². The summed E-state index contributed by atoms with van der Waals surface area (Å²) in [5.41, 5.74) is 0. The van der Waals surface area contributed by atoms with Gasteiger partial charge in [-0.2, -0.15) is 0 Å². The van der Waals surface area contributed by atoms with Gasteiger partial charge in [0, 0.05) is 12.1 Å². The molecule has 0 saturated carbocycles. The van der Waals surface area contributed by atoms with Gasteiger partial charge in [-0.15, -0.1) is 0 Å². The Kier molecular flexibility index (Phi) is 10.4. The lowest BCUT2D eigenvalue weighted by atomic mass is 10.0. The van der Waals surface area contributed by atoms with Crippen molar-refractivity contribution in [1.82, 2.24) is 5.32 Å². The Hall–Kier alpha value is -0.0400. The molecule has 0 bridgehead atoms. The Morgan fingerprint density at radius 1 is 0.800 bits per heavy atom. The Balaban J connectivity index is 3.63. The maximum Gasteiger partial charge on any atom is 0.00694 e. The molecule has 0 amide bonds. The van der Waals surface area contributed by atoms with E-state index in [0.717, 1.165) is 6.04 Å². The SMILES string of the molecule is CCCCCC(CCCCC)NC(C)C. The van der Waals surface area contributed by atoms with E-state index in [9.17, 15) is 0 Å². The summed E-state index contributed by atoms with van der Waals surface area (Å²) < 4.78 is 0. The Morgan fingerprint density at radius 3 is 1.60 bits per heavy atom. The third-order valence-corrected chi connectivity index (χ3v) is 2.88. The fourth-order valence-electron chi connectivity index (χ4n) is 2.06. The van der Waals surface area contributed by atoms with Crippen molar-refractivity contribution in [2.75, 3.05) is 0 Å². The molecule has 0 aliphatic carbocycles. The minimum Gasteiger partial charge on any atom is -0.312 e. The first-order valence-corrected chi connectivity index (χ1v) is 6.96. The quantitative estimate of drug-likeness (QED) is 0.526. The maximum atomic E-state index is 3.70. The van der Waals surface area contributed by atoms with E-state index < -0.39 is 0 Å². The molecule has 0 spiro atoms. The Morgan fingerprint density at radius 2 is 1.27 bits per heavy atom. The highest BCUT2D eigenvalue weighted by molar-refractivity contribution is 4.69. The van der Waals surface area contributed by atoms with Crippen LogP contribution < -0.4 is 5.32 Å². The summed E-state index contributed by atoms with van der Waals surface area (Å²) >= 11 is 0. The highest BCUT2D eigenvalue weighted by Crippen LogP contribution is 2.11. The highest BCUT2D eigenvalue weighted by atomic mass is 14.9. The molecule has 0 aromatic heterocycles. The standard InChI is InChI=1S/C14H31N/c1-5-7-9-11-14(15-13(3)4)12-10-8-6-2/h13-15H,5-12H2,1-4H3. The molecule has 92 valence electrons. The molecule has 1 nitrogen and oxygen atoms in total. The topological polar surface area (TPSA) is 12.0 Å². The molecule has 0 aromatic rings. The first kappa shape index (κ1) is 15.0.